The van der Waals surface area contributed by atoms with Gasteiger partial charge < -0.3 is 5.11 Å². The van der Waals surface area contributed by atoms with Crippen LogP contribution in [0.4, 0.5) is 5.13 Å². The number of hydrogen-bond acceptors (Lipinski definition) is 6. The Hall–Kier alpha value is -3.58. The Morgan fingerprint density at radius 3 is 2.79 bits per heavy atom. The minimum absolute atomic E-state index is 0.0319. The molecule has 2 N–H and O–H groups in total. The lowest BCUT2D eigenvalue weighted by Gasteiger charge is -2.04. The highest BCUT2D eigenvalue weighted by Crippen LogP contribution is 2.25. The molecule has 2 aromatic heterocycles. The summed E-state index contributed by atoms with van der Waals surface area (Å²) in [6.07, 6.45) is 2.41. The predicted octanol–water partition coefficient (Wildman–Crippen LogP) is 4.70. The number of pyridine rings is 1. The van der Waals surface area contributed by atoms with Crippen molar-refractivity contribution in [3.63, 3.8) is 0 Å². The first kappa shape index (κ1) is 17.8. The number of rotatable bonds is 6. The van der Waals surface area contributed by atoms with E-state index in [9.17, 15) is 4.79 Å². The van der Waals surface area contributed by atoms with Gasteiger partial charge in [-0.2, -0.15) is 5.10 Å². The molecular formula is C21H16N4O2S. The van der Waals surface area contributed by atoms with Gasteiger partial charge in [0.15, 0.2) is 0 Å². The van der Waals surface area contributed by atoms with E-state index in [1.165, 1.54) is 6.07 Å². The van der Waals surface area contributed by atoms with E-state index in [2.05, 4.69) is 20.5 Å². The maximum absolute atomic E-state index is 11.1. The van der Waals surface area contributed by atoms with Crippen LogP contribution in [0, 0.1) is 0 Å². The van der Waals surface area contributed by atoms with Gasteiger partial charge in [-0.1, -0.05) is 47.7 Å². The third-order valence-electron chi connectivity index (χ3n) is 4.06. The van der Waals surface area contributed by atoms with Crippen molar-refractivity contribution >= 4 is 38.9 Å². The average molecular weight is 388 g/mol. The lowest BCUT2D eigenvalue weighted by atomic mass is 10.1. The molecule has 0 spiro atoms. The fourth-order valence-corrected chi connectivity index (χ4v) is 3.56. The highest BCUT2D eigenvalue weighted by Gasteiger charge is 2.07. The minimum Gasteiger partial charge on any atom is -0.477 e. The number of aromatic carboxylic acids is 1. The quantitative estimate of drug-likeness (QED) is 0.369. The summed E-state index contributed by atoms with van der Waals surface area (Å²) in [5, 5.41) is 14.1. The van der Waals surface area contributed by atoms with Crippen molar-refractivity contribution in [3.8, 4) is 11.3 Å². The topological polar surface area (TPSA) is 87.5 Å². The van der Waals surface area contributed by atoms with E-state index in [-0.39, 0.29) is 5.69 Å². The first-order valence-corrected chi connectivity index (χ1v) is 9.43. The van der Waals surface area contributed by atoms with Gasteiger partial charge in [-0.15, -0.1) is 0 Å². The summed E-state index contributed by atoms with van der Waals surface area (Å²) in [5.74, 6) is -1.04. The highest BCUT2D eigenvalue weighted by molar-refractivity contribution is 7.22. The van der Waals surface area contributed by atoms with Gasteiger partial charge in [-0.05, 0) is 35.9 Å². The van der Waals surface area contributed by atoms with Crippen LogP contribution in [0.3, 0.4) is 0 Å². The summed E-state index contributed by atoms with van der Waals surface area (Å²) >= 11 is 1.55. The molecule has 138 valence electrons. The van der Waals surface area contributed by atoms with Crippen LogP contribution in [0.15, 0.2) is 71.8 Å². The molecule has 0 aliphatic rings. The van der Waals surface area contributed by atoms with Gasteiger partial charge in [0.1, 0.15) is 5.69 Å². The number of carbonyl (C=O) groups is 1. The van der Waals surface area contributed by atoms with Crippen molar-refractivity contribution in [3.05, 3.63) is 78.0 Å². The first-order valence-electron chi connectivity index (χ1n) is 8.62. The average Bonchev–Trinajstić information content (AvgIpc) is 3.14. The summed E-state index contributed by atoms with van der Waals surface area (Å²) in [7, 11) is 0. The Morgan fingerprint density at radius 2 is 1.93 bits per heavy atom. The van der Waals surface area contributed by atoms with Crippen LogP contribution >= 0.6 is 11.3 Å². The fourth-order valence-electron chi connectivity index (χ4n) is 2.74. The van der Waals surface area contributed by atoms with Gasteiger partial charge in [0.2, 0.25) is 5.13 Å². The molecule has 0 saturated carbocycles. The normalized spacial score (nSPS) is 11.1. The standard InChI is InChI=1S/C21H16N4O2S/c26-20(27)18-9-4-8-16(23-18)15-6-3-5-14(13-15)11-12-22-25-21-24-17-7-1-2-10-19(17)28-21/h1-10,12-13H,11H2,(H,24,25)(H,26,27). The number of fused-ring (bicyclic) bond motifs is 1. The molecule has 0 aliphatic heterocycles. The molecule has 0 atom stereocenters. The molecule has 0 radical (unpaired) electrons. The number of thiazole rings is 1. The van der Waals surface area contributed by atoms with E-state index in [1.807, 2.05) is 48.5 Å². The Kier molecular flexibility index (Phi) is 5.07. The molecule has 4 rings (SSSR count). The number of hydrazone groups is 1. The molecule has 0 fully saturated rings. The van der Waals surface area contributed by atoms with E-state index in [0.717, 1.165) is 26.5 Å². The molecule has 2 aromatic carbocycles. The van der Waals surface area contributed by atoms with Crippen LogP contribution in [-0.2, 0) is 6.42 Å². The third kappa shape index (κ3) is 4.05. The number of aromatic nitrogens is 2. The van der Waals surface area contributed by atoms with Crippen LogP contribution < -0.4 is 5.43 Å². The van der Waals surface area contributed by atoms with Crippen LogP contribution in [0.5, 0.6) is 0 Å². The van der Waals surface area contributed by atoms with Crippen molar-refractivity contribution in [2.24, 2.45) is 5.10 Å². The monoisotopic (exact) mass is 388 g/mol. The predicted molar refractivity (Wildman–Crippen MR) is 112 cm³/mol. The number of benzene rings is 2. The zero-order chi connectivity index (χ0) is 19.3. The summed E-state index contributed by atoms with van der Waals surface area (Å²) in [4.78, 5) is 19.8. The summed E-state index contributed by atoms with van der Waals surface area (Å²) < 4.78 is 1.11. The van der Waals surface area contributed by atoms with E-state index in [0.29, 0.717) is 12.1 Å². The van der Waals surface area contributed by atoms with Crippen LogP contribution in [0.2, 0.25) is 0 Å². The SMILES string of the molecule is O=C(O)c1cccc(-c2cccc(CC=NNc3nc4ccccc4s3)c2)n1. The lowest BCUT2D eigenvalue weighted by Crippen LogP contribution is -2.00. The molecule has 4 aromatic rings. The second-order valence-corrected chi connectivity index (χ2v) is 7.06. The molecule has 0 bridgehead atoms. The maximum atomic E-state index is 11.1. The molecule has 2 heterocycles. The highest BCUT2D eigenvalue weighted by atomic mass is 32.1. The zero-order valence-electron chi connectivity index (χ0n) is 14.7. The lowest BCUT2D eigenvalue weighted by molar-refractivity contribution is 0.0690. The number of nitrogens with zero attached hydrogens (tertiary/aromatic N) is 3. The second-order valence-electron chi connectivity index (χ2n) is 6.03. The second kappa shape index (κ2) is 7.98. The van der Waals surface area contributed by atoms with Crippen LogP contribution in [0.25, 0.3) is 21.5 Å². The van der Waals surface area contributed by atoms with Crippen molar-refractivity contribution in [2.45, 2.75) is 6.42 Å². The number of carboxylic acids is 1. The van der Waals surface area contributed by atoms with Crippen LogP contribution in [-0.4, -0.2) is 27.3 Å². The zero-order valence-corrected chi connectivity index (χ0v) is 15.6. The molecule has 7 heteroatoms. The van der Waals surface area contributed by atoms with Gasteiger partial charge >= 0.3 is 5.97 Å². The smallest absolute Gasteiger partial charge is 0.354 e. The Labute approximate surface area is 165 Å². The first-order chi connectivity index (χ1) is 13.7. The van der Waals surface area contributed by atoms with Gasteiger partial charge in [0.05, 0.1) is 15.9 Å². The largest absolute Gasteiger partial charge is 0.477 e. The summed E-state index contributed by atoms with van der Waals surface area (Å²) in [6, 6.07) is 20.7. The summed E-state index contributed by atoms with van der Waals surface area (Å²) in [5.41, 5.74) is 6.50. The number of hydrogen-bond donors (Lipinski definition) is 2. The Morgan fingerprint density at radius 1 is 1.07 bits per heavy atom. The van der Waals surface area contributed by atoms with Gasteiger partial charge in [-0.25, -0.2) is 14.8 Å². The Balaban J connectivity index is 1.44. The van der Waals surface area contributed by atoms with Gasteiger partial charge in [0, 0.05) is 18.2 Å². The van der Waals surface area contributed by atoms with Crippen molar-refractivity contribution in [1.29, 1.82) is 0 Å². The van der Waals surface area contributed by atoms with E-state index in [4.69, 9.17) is 5.11 Å². The molecule has 6 nitrogen and oxygen atoms in total. The van der Waals surface area contributed by atoms with Crippen molar-refractivity contribution in [1.82, 2.24) is 9.97 Å². The minimum atomic E-state index is -1.04. The molecule has 0 aliphatic carbocycles. The van der Waals surface area contributed by atoms with Crippen molar-refractivity contribution in [2.75, 3.05) is 5.43 Å². The fraction of sp³-hybridized carbons (Fsp3) is 0.0476. The van der Waals surface area contributed by atoms with E-state index < -0.39 is 5.97 Å². The molecule has 0 unspecified atom stereocenters. The van der Waals surface area contributed by atoms with Crippen LogP contribution in [0.1, 0.15) is 16.1 Å². The third-order valence-corrected chi connectivity index (χ3v) is 5.00. The number of para-hydroxylation sites is 1. The van der Waals surface area contributed by atoms with E-state index in [1.54, 1.807) is 29.7 Å². The molecule has 0 amide bonds. The van der Waals surface area contributed by atoms with Gasteiger partial charge in [-0.3, -0.25) is 5.43 Å². The van der Waals surface area contributed by atoms with E-state index >= 15 is 0 Å². The number of carboxylic acid groups (broad SMARTS) is 1. The molecule has 0 saturated heterocycles. The van der Waals surface area contributed by atoms with Gasteiger partial charge in [0.25, 0.3) is 0 Å². The summed E-state index contributed by atoms with van der Waals surface area (Å²) in [6.45, 7) is 0. The number of anilines is 1. The molecule has 28 heavy (non-hydrogen) atoms. The molecular weight excluding hydrogens is 372 g/mol. The Bertz CT molecular complexity index is 1140. The number of nitrogens with one attached hydrogen (secondary N) is 1. The maximum Gasteiger partial charge on any atom is 0.354 e. The van der Waals surface area contributed by atoms with Crippen molar-refractivity contribution < 1.29 is 9.90 Å².